The molecule has 9 heteroatoms. The summed E-state index contributed by atoms with van der Waals surface area (Å²) in [7, 11) is 0. The fourth-order valence-corrected chi connectivity index (χ4v) is 4.04. The van der Waals surface area contributed by atoms with E-state index in [2.05, 4.69) is 34.3 Å². The zero-order chi connectivity index (χ0) is 22.5. The summed E-state index contributed by atoms with van der Waals surface area (Å²) in [6.07, 6.45) is 1.00. The number of carbonyl (C=O) groups is 1. The highest BCUT2D eigenvalue weighted by Crippen LogP contribution is 2.34. The largest absolute Gasteiger partial charge is 0.454 e. The van der Waals surface area contributed by atoms with Crippen LogP contribution in [0.1, 0.15) is 19.8 Å². The van der Waals surface area contributed by atoms with Crippen LogP contribution < -0.4 is 25.2 Å². The highest BCUT2D eigenvalue weighted by molar-refractivity contribution is 7.71. The number of rotatable bonds is 9. The van der Waals surface area contributed by atoms with Gasteiger partial charge in [-0.2, -0.15) is 0 Å². The number of para-hydroxylation sites is 1. The van der Waals surface area contributed by atoms with Gasteiger partial charge in [-0.05, 0) is 43.8 Å². The molecule has 0 bridgehead atoms. The van der Waals surface area contributed by atoms with Gasteiger partial charge in [-0.1, -0.05) is 18.2 Å². The average Bonchev–Trinajstić information content (AvgIpc) is 3.26. The first-order valence-electron chi connectivity index (χ1n) is 10.7. The van der Waals surface area contributed by atoms with Crippen molar-refractivity contribution in [3.8, 4) is 11.5 Å². The third kappa shape index (κ3) is 4.77. The van der Waals surface area contributed by atoms with Crippen molar-refractivity contribution in [2.75, 3.05) is 31.3 Å². The number of carbonyl (C=O) groups excluding carboxylic acids is 1. The lowest BCUT2D eigenvalue weighted by molar-refractivity contribution is -0.121. The summed E-state index contributed by atoms with van der Waals surface area (Å²) in [5.41, 5.74) is 1.51. The van der Waals surface area contributed by atoms with Crippen LogP contribution >= 0.6 is 12.2 Å². The number of nitrogens with one attached hydrogen (secondary N) is 2. The Labute approximate surface area is 190 Å². The van der Waals surface area contributed by atoms with Crippen molar-refractivity contribution in [1.29, 1.82) is 0 Å². The minimum absolute atomic E-state index is 0.111. The minimum atomic E-state index is -0.253. The first-order valence-corrected chi connectivity index (χ1v) is 11.1. The van der Waals surface area contributed by atoms with E-state index in [-0.39, 0.29) is 36.0 Å². The summed E-state index contributed by atoms with van der Waals surface area (Å²) in [6.45, 7) is 4.78. The van der Waals surface area contributed by atoms with Gasteiger partial charge < -0.3 is 24.7 Å². The predicted octanol–water partition coefficient (Wildman–Crippen LogP) is 3.21. The van der Waals surface area contributed by atoms with Gasteiger partial charge in [-0.3, -0.25) is 14.2 Å². The van der Waals surface area contributed by atoms with Crippen molar-refractivity contribution in [2.24, 2.45) is 0 Å². The summed E-state index contributed by atoms with van der Waals surface area (Å²) in [4.78, 5) is 30.5. The topological polar surface area (TPSA) is 88.6 Å². The number of ether oxygens (including phenoxy) is 2. The molecular weight excluding hydrogens is 428 g/mol. The van der Waals surface area contributed by atoms with E-state index in [1.54, 1.807) is 12.1 Å². The van der Waals surface area contributed by atoms with E-state index in [0.717, 1.165) is 19.5 Å². The lowest BCUT2D eigenvalue weighted by atomic mass is 10.2. The molecule has 0 atom stereocenters. The van der Waals surface area contributed by atoms with Gasteiger partial charge in [0.2, 0.25) is 12.7 Å². The third-order valence-corrected chi connectivity index (χ3v) is 5.79. The normalized spacial score (nSPS) is 12.2. The Balaban J connectivity index is 1.31. The zero-order valence-corrected chi connectivity index (χ0v) is 18.7. The average molecular weight is 455 g/mol. The molecule has 3 aromatic rings. The second kappa shape index (κ2) is 9.86. The highest BCUT2D eigenvalue weighted by atomic mass is 32.1. The third-order valence-electron chi connectivity index (χ3n) is 5.47. The molecule has 2 N–H and O–H groups in total. The molecule has 32 heavy (non-hydrogen) atoms. The van der Waals surface area contributed by atoms with E-state index in [0.29, 0.717) is 28.9 Å². The number of amides is 1. The predicted molar refractivity (Wildman–Crippen MR) is 126 cm³/mol. The van der Waals surface area contributed by atoms with Crippen molar-refractivity contribution in [3.63, 3.8) is 0 Å². The maximum atomic E-state index is 12.9. The van der Waals surface area contributed by atoms with Crippen LogP contribution in [0, 0.1) is 4.77 Å². The van der Waals surface area contributed by atoms with Gasteiger partial charge >= 0.3 is 0 Å². The number of hydrogen-bond acceptors (Lipinski definition) is 6. The number of H-pyrrole nitrogens is 1. The van der Waals surface area contributed by atoms with Gasteiger partial charge in [0, 0.05) is 44.4 Å². The Morgan fingerprint density at radius 3 is 2.72 bits per heavy atom. The van der Waals surface area contributed by atoms with Crippen LogP contribution in [0.15, 0.2) is 47.3 Å². The molecule has 8 nitrogen and oxygen atoms in total. The fourth-order valence-electron chi connectivity index (χ4n) is 3.75. The van der Waals surface area contributed by atoms with E-state index in [1.807, 2.05) is 18.2 Å². The Hall–Kier alpha value is -3.33. The lowest BCUT2D eigenvalue weighted by Crippen LogP contribution is -2.31. The molecule has 1 aliphatic rings. The molecule has 2 aromatic carbocycles. The van der Waals surface area contributed by atoms with Gasteiger partial charge in [-0.25, -0.2) is 0 Å². The number of nitrogens with zero attached hydrogens (tertiary/aromatic N) is 2. The van der Waals surface area contributed by atoms with E-state index >= 15 is 0 Å². The second-order valence-electron chi connectivity index (χ2n) is 7.51. The quantitative estimate of drug-likeness (QED) is 0.381. The summed E-state index contributed by atoms with van der Waals surface area (Å²) in [6, 6.07) is 13.6. The monoisotopic (exact) mass is 454 g/mol. The molecule has 0 aliphatic carbocycles. The van der Waals surface area contributed by atoms with Crippen LogP contribution in [-0.4, -0.2) is 41.9 Å². The van der Waals surface area contributed by atoms with Crippen LogP contribution in [-0.2, 0) is 11.3 Å². The molecule has 4 rings (SSSR count). The SMILES string of the molecule is CCN(CCCNC(=O)CCn1c(=S)[nH]c2cc3c(cc2c1=O)OCO3)c1ccccc1. The fraction of sp³-hybridized carbons (Fsp3) is 0.348. The van der Waals surface area contributed by atoms with Crippen molar-refractivity contribution in [2.45, 2.75) is 26.3 Å². The van der Waals surface area contributed by atoms with Crippen molar-refractivity contribution >= 4 is 34.7 Å². The van der Waals surface area contributed by atoms with Gasteiger partial charge in [0.05, 0.1) is 10.9 Å². The van der Waals surface area contributed by atoms with Crippen LogP contribution in [0.25, 0.3) is 10.9 Å². The number of fused-ring (bicyclic) bond motifs is 2. The lowest BCUT2D eigenvalue weighted by Gasteiger charge is -2.23. The van der Waals surface area contributed by atoms with Gasteiger partial charge in [0.25, 0.3) is 5.56 Å². The van der Waals surface area contributed by atoms with Crippen LogP contribution in [0.4, 0.5) is 5.69 Å². The van der Waals surface area contributed by atoms with Gasteiger partial charge in [-0.15, -0.1) is 0 Å². The van der Waals surface area contributed by atoms with E-state index in [9.17, 15) is 9.59 Å². The van der Waals surface area contributed by atoms with Gasteiger partial charge in [0.15, 0.2) is 16.3 Å². The maximum absolute atomic E-state index is 12.9. The van der Waals surface area contributed by atoms with Crippen molar-refractivity contribution in [3.05, 3.63) is 57.6 Å². The first kappa shape index (κ1) is 21.9. The number of hydrogen-bond donors (Lipinski definition) is 2. The first-order chi connectivity index (χ1) is 15.6. The number of benzene rings is 2. The molecule has 1 amide bonds. The molecule has 0 saturated carbocycles. The molecule has 0 spiro atoms. The Morgan fingerprint density at radius 2 is 1.97 bits per heavy atom. The Bertz CT molecular complexity index is 1220. The smallest absolute Gasteiger partial charge is 0.262 e. The summed E-state index contributed by atoms with van der Waals surface area (Å²) in [5, 5.41) is 3.38. The van der Waals surface area contributed by atoms with Gasteiger partial charge in [0.1, 0.15) is 0 Å². The molecule has 0 saturated heterocycles. The van der Waals surface area contributed by atoms with E-state index in [4.69, 9.17) is 21.7 Å². The van der Waals surface area contributed by atoms with Crippen molar-refractivity contribution in [1.82, 2.24) is 14.9 Å². The maximum Gasteiger partial charge on any atom is 0.262 e. The number of aromatic amines is 1. The molecule has 1 aliphatic heterocycles. The van der Waals surface area contributed by atoms with Crippen LogP contribution in [0.2, 0.25) is 0 Å². The number of anilines is 1. The molecule has 2 heterocycles. The molecule has 0 unspecified atom stereocenters. The standard InChI is InChI=1S/C23H26N4O4S/c1-2-26(16-7-4-3-5-8-16)11-6-10-24-21(28)9-12-27-22(29)17-13-19-20(31-15-30-19)14-18(17)25-23(27)32/h3-5,7-8,13-14H,2,6,9-12,15H2,1H3,(H,24,28)(H,25,32). The Kier molecular flexibility index (Phi) is 6.75. The molecular formula is C23H26N4O4S. The Morgan fingerprint density at radius 1 is 1.22 bits per heavy atom. The highest BCUT2D eigenvalue weighted by Gasteiger charge is 2.17. The van der Waals surface area contributed by atoms with Crippen molar-refractivity contribution < 1.29 is 14.3 Å². The second-order valence-corrected chi connectivity index (χ2v) is 7.89. The zero-order valence-electron chi connectivity index (χ0n) is 17.9. The van der Waals surface area contributed by atoms with E-state index < -0.39 is 0 Å². The summed E-state index contributed by atoms with van der Waals surface area (Å²) < 4.78 is 12.4. The van der Waals surface area contributed by atoms with Crippen LogP contribution in [0.3, 0.4) is 0 Å². The number of aromatic nitrogens is 2. The summed E-state index contributed by atoms with van der Waals surface area (Å²) >= 11 is 5.34. The molecule has 0 radical (unpaired) electrons. The molecule has 0 fully saturated rings. The minimum Gasteiger partial charge on any atom is -0.454 e. The molecule has 168 valence electrons. The molecule has 1 aromatic heterocycles. The van der Waals surface area contributed by atoms with Crippen LogP contribution in [0.5, 0.6) is 11.5 Å². The summed E-state index contributed by atoms with van der Waals surface area (Å²) in [5.74, 6) is 0.995. The van der Waals surface area contributed by atoms with E-state index in [1.165, 1.54) is 10.3 Å².